The van der Waals surface area contributed by atoms with Gasteiger partial charge in [0.2, 0.25) is 5.89 Å². The van der Waals surface area contributed by atoms with Crippen molar-refractivity contribution >= 4 is 27.9 Å². The number of oxazole rings is 1. The summed E-state index contributed by atoms with van der Waals surface area (Å²) >= 11 is 3.17. The number of ether oxygens (including phenoxy) is 2. The second-order valence-electron chi connectivity index (χ2n) is 8.41. The van der Waals surface area contributed by atoms with Crippen molar-refractivity contribution in [1.29, 1.82) is 0 Å². The third-order valence-corrected chi connectivity index (χ3v) is 6.36. The van der Waals surface area contributed by atoms with Crippen LogP contribution in [0.3, 0.4) is 0 Å². The predicted octanol–water partition coefficient (Wildman–Crippen LogP) is 5.39. The maximum atomic E-state index is 15.0. The van der Waals surface area contributed by atoms with Gasteiger partial charge in [0, 0.05) is 18.5 Å². The van der Waals surface area contributed by atoms with E-state index in [0.29, 0.717) is 0 Å². The van der Waals surface area contributed by atoms with E-state index in [1.54, 1.807) is 0 Å². The van der Waals surface area contributed by atoms with E-state index in [2.05, 4.69) is 20.9 Å². The van der Waals surface area contributed by atoms with Gasteiger partial charge in [-0.2, -0.15) is 13.2 Å². The fraction of sp³-hybridized carbons (Fsp3) is 0.292. The van der Waals surface area contributed by atoms with Crippen molar-refractivity contribution in [3.8, 4) is 17.0 Å². The lowest BCUT2D eigenvalue weighted by atomic mass is 10.1. The van der Waals surface area contributed by atoms with Crippen LogP contribution in [-0.4, -0.2) is 52.8 Å². The summed E-state index contributed by atoms with van der Waals surface area (Å²) in [5, 5.41) is 9.33. The summed E-state index contributed by atoms with van der Waals surface area (Å²) in [6.45, 7) is 0.113. The van der Waals surface area contributed by atoms with E-state index in [1.807, 2.05) is 0 Å². The minimum Gasteiger partial charge on any atom is -0.477 e. The number of morpholine rings is 1. The number of nitrogens with two attached hydrogens (primary N) is 1. The van der Waals surface area contributed by atoms with E-state index < -0.39 is 58.9 Å². The molecule has 2 unspecified atom stereocenters. The van der Waals surface area contributed by atoms with Gasteiger partial charge in [0.15, 0.2) is 22.3 Å². The van der Waals surface area contributed by atoms with E-state index in [1.165, 1.54) is 12.1 Å². The van der Waals surface area contributed by atoms with Crippen molar-refractivity contribution in [2.75, 3.05) is 19.7 Å². The molecule has 15 heteroatoms. The van der Waals surface area contributed by atoms with Gasteiger partial charge in [0.05, 0.1) is 24.8 Å². The molecule has 9 nitrogen and oxygen atoms in total. The maximum Gasteiger partial charge on any atom is 0.416 e. The summed E-state index contributed by atoms with van der Waals surface area (Å²) in [5.41, 5.74) is 3.52. The Morgan fingerprint density at radius 2 is 1.90 bits per heavy atom. The topological polar surface area (TPSA) is 128 Å². The lowest BCUT2D eigenvalue weighted by Crippen LogP contribution is -2.45. The van der Waals surface area contributed by atoms with Crippen LogP contribution in [0.5, 0.6) is 5.75 Å². The van der Waals surface area contributed by atoms with Crippen LogP contribution in [0.2, 0.25) is 0 Å². The lowest BCUT2D eigenvalue weighted by Gasteiger charge is -2.32. The normalized spacial score (nSPS) is 16.7. The van der Waals surface area contributed by atoms with Gasteiger partial charge in [-0.1, -0.05) is 12.1 Å². The molecular weight excluding hydrogens is 601 g/mol. The van der Waals surface area contributed by atoms with Gasteiger partial charge >= 0.3 is 12.3 Å². The summed E-state index contributed by atoms with van der Waals surface area (Å²) in [7, 11) is 0. The standard InChI is InChI=1S/C24H19BrF5N3O6/c25-20-19(11-1-3-12(4-2-11)24(28,29)30)32-22(39-20)16(9-13-10-33(23(35)36)7-8-37-13)38-15-6-5-14(26)17(18(15)27)21(31)34/h1-6,13,16H,7-10H2,(H2,31,34)(H,35,36). The van der Waals surface area contributed by atoms with Gasteiger partial charge in [0.25, 0.3) is 5.91 Å². The molecule has 2 amide bonds. The number of aromatic nitrogens is 1. The van der Waals surface area contributed by atoms with Crippen molar-refractivity contribution in [2.45, 2.75) is 24.8 Å². The number of rotatable bonds is 7. The number of halogens is 6. The number of carboxylic acid groups (broad SMARTS) is 1. The Balaban J connectivity index is 1.69. The third kappa shape index (κ3) is 6.30. The van der Waals surface area contributed by atoms with Gasteiger partial charge in [-0.3, -0.25) is 4.79 Å². The van der Waals surface area contributed by atoms with Crippen LogP contribution in [0.25, 0.3) is 11.3 Å². The Morgan fingerprint density at radius 3 is 2.51 bits per heavy atom. The van der Waals surface area contributed by atoms with Crippen LogP contribution in [0, 0.1) is 11.6 Å². The SMILES string of the molecule is NC(=O)c1c(F)ccc(OC(CC2CN(C(=O)O)CCO2)c2nc(-c3ccc(C(F)(F)F)cc3)c(Br)o2)c1F. The van der Waals surface area contributed by atoms with Crippen molar-refractivity contribution in [1.82, 2.24) is 9.88 Å². The molecule has 3 aromatic rings. The minimum atomic E-state index is -4.55. The van der Waals surface area contributed by atoms with Crippen LogP contribution in [0.4, 0.5) is 26.7 Å². The number of hydrogen-bond acceptors (Lipinski definition) is 6. The molecular formula is C24H19BrF5N3O6. The highest BCUT2D eigenvalue weighted by Gasteiger charge is 2.33. The molecule has 2 aromatic carbocycles. The number of alkyl halides is 3. The van der Waals surface area contributed by atoms with Crippen molar-refractivity contribution in [3.05, 3.63) is 69.7 Å². The Kier molecular flexibility index (Phi) is 8.11. The first-order chi connectivity index (χ1) is 18.3. The average molecular weight is 620 g/mol. The highest BCUT2D eigenvalue weighted by molar-refractivity contribution is 9.10. The Labute approximate surface area is 225 Å². The molecule has 4 rings (SSSR count). The summed E-state index contributed by atoms with van der Waals surface area (Å²) in [6, 6.07) is 5.78. The van der Waals surface area contributed by atoms with Crippen LogP contribution in [0.15, 0.2) is 45.5 Å². The summed E-state index contributed by atoms with van der Waals surface area (Å²) < 4.78 is 84.8. The average Bonchev–Trinajstić information content (AvgIpc) is 3.26. The molecule has 1 fully saturated rings. The number of hydrogen-bond donors (Lipinski definition) is 2. The quantitative estimate of drug-likeness (QED) is 0.339. The van der Waals surface area contributed by atoms with Crippen LogP contribution in [-0.2, 0) is 10.9 Å². The summed E-state index contributed by atoms with van der Waals surface area (Å²) in [5.74, 6) is -4.72. The number of nitrogens with zero attached hydrogens (tertiary/aromatic N) is 2. The molecule has 1 aromatic heterocycles. The minimum absolute atomic E-state index is 0.0139. The molecule has 0 spiro atoms. The number of carbonyl (C=O) groups is 2. The summed E-state index contributed by atoms with van der Waals surface area (Å²) in [6.07, 6.45) is -7.90. The molecule has 2 atom stereocenters. The molecule has 0 radical (unpaired) electrons. The van der Waals surface area contributed by atoms with Crippen molar-refractivity contribution < 1.29 is 50.5 Å². The van der Waals surface area contributed by atoms with Crippen molar-refractivity contribution in [2.24, 2.45) is 5.73 Å². The number of carbonyl (C=O) groups excluding carboxylic acids is 1. The molecule has 1 aliphatic rings. The fourth-order valence-corrected chi connectivity index (χ4v) is 4.41. The molecule has 0 aliphatic carbocycles. The first-order valence-corrected chi connectivity index (χ1v) is 12.0. The monoisotopic (exact) mass is 619 g/mol. The van der Waals surface area contributed by atoms with Gasteiger partial charge < -0.3 is 29.6 Å². The zero-order valence-electron chi connectivity index (χ0n) is 19.7. The molecule has 1 aliphatic heterocycles. The number of primary amides is 1. The summed E-state index contributed by atoms with van der Waals surface area (Å²) in [4.78, 5) is 28.4. The molecule has 39 heavy (non-hydrogen) atoms. The first-order valence-electron chi connectivity index (χ1n) is 11.2. The van der Waals surface area contributed by atoms with Gasteiger partial charge in [0.1, 0.15) is 17.1 Å². The van der Waals surface area contributed by atoms with Gasteiger partial charge in [-0.25, -0.2) is 18.6 Å². The van der Waals surface area contributed by atoms with Crippen LogP contribution < -0.4 is 10.5 Å². The smallest absolute Gasteiger partial charge is 0.416 e. The zero-order valence-corrected chi connectivity index (χ0v) is 21.3. The predicted molar refractivity (Wildman–Crippen MR) is 127 cm³/mol. The van der Waals surface area contributed by atoms with Gasteiger partial charge in [-0.15, -0.1) is 0 Å². The van der Waals surface area contributed by atoms with Gasteiger partial charge in [-0.05, 0) is 40.2 Å². The number of benzene rings is 2. The van der Waals surface area contributed by atoms with Crippen molar-refractivity contribution in [3.63, 3.8) is 0 Å². The second-order valence-corrected chi connectivity index (χ2v) is 9.13. The molecule has 208 valence electrons. The lowest BCUT2D eigenvalue weighted by molar-refractivity contribution is -0.137. The van der Waals surface area contributed by atoms with E-state index in [0.717, 1.165) is 29.2 Å². The van der Waals surface area contributed by atoms with Crippen LogP contribution in [0.1, 0.15) is 34.3 Å². The number of amides is 2. The highest BCUT2D eigenvalue weighted by atomic mass is 79.9. The molecule has 3 N–H and O–H groups in total. The Bertz CT molecular complexity index is 1380. The third-order valence-electron chi connectivity index (χ3n) is 5.82. The van der Waals surface area contributed by atoms with E-state index in [9.17, 15) is 36.6 Å². The Morgan fingerprint density at radius 1 is 1.21 bits per heavy atom. The molecule has 2 heterocycles. The Hall–Kier alpha value is -3.72. The molecule has 1 saturated heterocycles. The van der Waals surface area contributed by atoms with Crippen LogP contribution >= 0.6 is 15.9 Å². The maximum absolute atomic E-state index is 15.0. The second kappa shape index (κ2) is 11.2. The first kappa shape index (κ1) is 28.3. The largest absolute Gasteiger partial charge is 0.477 e. The molecule has 0 bridgehead atoms. The highest BCUT2D eigenvalue weighted by Crippen LogP contribution is 2.37. The zero-order chi connectivity index (χ0) is 28.5. The van der Waals surface area contributed by atoms with E-state index in [4.69, 9.17) is 19.6 Å². The fourth-order valence-electron chi connectivity index (χ4n) is 3.93. The van der Waals surface area contributed by atoms with E-state index >= 15 is 0 Å². The molecule has 0 saturated carbocycles. The van der Waals surface area contributed by atoms with E-state index in [-0.39, 0.29) is 47.9 Å².